The number of anilines is 1. The number of likely N-dealkylation sites (N-methyl/N-ethyl adjacent to an activating group) is 2. The van der Waals surface area contributed by atoms with Crippen LogP contribution in [0.15, 0.2) is 58.5 Å². The van der Waals surface area contributed by atoms with Crippen LogP contribution in [0.1, 0.15) is 25.0 Å². The molecule has 37 heavy (non-hydrogen) atoms. The van der Waals surface area contributed by atoms with Crippen LogP contribution in [0.2, 0.25) is 0 Å². The first-order valence-electron chi connectivity index (χ1n) is 13.0. The number of benzene rings is 2. The van der Waals surface area contributed by atoms with Crippen LogP contribution in [-0.2, 0) is 4.74 Å². The topological polar surface area (TPSA) is 84.4 Å². The molecule has 8 nitrogen and oxygen atoms in total. The molecule has 0 aliphatic carbocycles. The van der Waals surface area contributed by atoms with Gasteiger partial charge < -0.3 is 24.5 Å². The summed E-state index contributed by atoms with van der Waals surface area (Å²) in [6.45, 7) is 11.9. The molecule has 1 fully saturated rings. The predicted octanol–water partition coefficient (Wildman–Crippen LogP) is 4.07. The van der Waals surface area contributed by atoms with Crippen molar-refractivity contribution >= 4 is 34.4 Å². The van der Waals surface area contributed by atoms with Crippen molar-refractivity contribution in [3.8, 4) is 5.88 Å². The van der Waals surface area contributed by atoms with Gasteiger partial charge in [0.2, 0.25) is 5.88 Å². The Morgan fingerprint density at radius 1 is 1.05 bits per heavy atom. The van der Waals surface area contributed by atoms with Gasteiger partial charge in [-0.3, -0.25) is 14.8 Å². The molecule has 196 valence electrons. The highest BCUT2D eigenvalue weighted by Crippen LogP contribution is 2.25. The van der Waals surface area contributed by atoms with Gasteiger partial charge in [-0.05, 0) is 68.2 Å². The smallest absolute Gasteiger partial charge is 0.258 e. The Morgan fingerprint density at radius 3 is 2.49 bits per heavy atom. The number of fused-ring (bicyclic) bond motifs is 1. The van der Waals surface area contributed by atoms with Crippen LogP contribution in [-0.4, -0.2) is 85.6 Å². The lowest BCUT2D eigenvalue weighted by Crippen LogP contribution is -2.44. The first kappa shape index (κ1) is 26.4. The maximum atomic E-state index is 12.5. The third-order valence-corrected chi connectivity index (χ3v) is 6.90. The molecule has 0 unspecified atom stereocenters. The normalized spacial score (nSPS) is 15.0. The van der Waals surface area contributed by atoms with E-state index < -0.39 is 0 Å². The molecule has 8 heteroatoms. The van der Waals surface area contributed by atoms with Crippen LogP contribution >= 0.6 is 0 Å². The Balaban J connectivity index is 1.50. The second-order valence-corrected chi connectivity index (χ2v) is 9.29. The fourth-order valence-corrected chi connectivity index (χ4v) is 4.46. The third kappa shape index (κ3) is 6.78. The Hall–Kier alpha value is -3.62. The Morgan fingerprint density at radius 2 is 1.78 bits per heavy atom. The van der Waals surface area contributed by atoms with Gasteiger partial charge in [-0.25, -0.2) is 0 Å². The molecular weight excluding hydrogens is 466 g/mol. The van der Waals surface area contributed by atoms with E-state index in [1.807, 2.05) is 30.3 Å². The molecule has 1 aliphatic heterocycles. The fraction of sp³-hybridized carbons (Fsp3) is 0.379. The van der Waals surface area contributed by atoms with Crippen molar-refractivity contribution in [3.05, 3.63) is 70.2 Å². The van der Waals surface area contributed by atoms with E-state index in [0.717, 1.165) is 57.1 Å². The molecule has 0 radical (unpaired) electrons. The zero-order valence-corrected chi connectivity index (χ0v) is 22.0. The van der Waals surface area contributed by atoms with Crippen molar-refractivity contribution in [1.29, 1.82) is 0 Å². The summed E-state index contributed by atoms with van der Waals surface area (Å²) in [6, 6.07) is 13.6. The molecule has 0 spiro atoms. The molecule has 0 amide bonds. The molecule has 1 aromatic heterocycles. The predicted molar refractivity (Wildman–Crippen MR) is 152 cm³/mol. The molecule has 0 bridgehead atoms. The molecular formula is C29H37N5O3. The number of rotatable bonds is 10. The lowest BCUT2D eigenvalue weighted by molar-refractivity contribution is 0.188. The van der Waals surface area contributed by atoms with Crippen LogP contribution in [0.5, 0.6) is 5.88 Å². The molecule has 3 aromatic rings. The average Bonchev–Trinajstić information content (AvgIpc) is 2.91. The highest BCUT2D eigenvalue weighted by molar-refractivity contribution is 6.02. The van der Waals surface area contributed by atoms with Gasteiger partial charge in [0.1, 0.15) is 0 Å². The Bertz CT molecular complexity index is 1290. The minimum Gasteiger partial charge on any atom is -0.500 e. The number of ether oxygens (including phenoxy) is 1. The molecule has 2 heterocycles. The number of piperazine rings is 1. The lowest BCUT2D eigenvalue weighted by Gasteiger charge is -2.34. The van der Waals surface area contributed by atoms with E-state index in [2.05, 4.69) is 57.7 Å². The second kappa shape index (κ2) is 12.6. The van der Waals surface area contributed by atoms with E-state index in [1.54, 1.807) is 18.5 Å². The Labute approximate surface area is 218 Å². The van der Waals surface area contributed by atoms with Crippen molar-refractivity contribution in [1.82, 2.24) is 14.8 Å². The number of aliphatic imine (C=N–C) groups is 1. The van der Waals surface area contributed by atoms with Gasteiger partial charge in [0.15, 0.2) is 0 Å². The summed E-state index contributed by atoms with van der Waals surface area (Å²) in [5.74, 6) is -0.202. The van der Waals surface area contributed by atoms with Gasteiger partial charge in [0, 0.05) is 55.4 Å². The van der Waals surface area contributed by atoms with Crippen molar-refractivity contribution < 1.29 is 9.84 Å². The zero-order valence-electron chi connectivity index (χ0n) is 22.0. The molecule has 1 saturated heterocycles. The van der Waals surface area contributed by atoms with Crippen molar-refractivity contribution in [3.63, 3.8) is 0 Å². The Kier molecular flexibility index (Phi) is 8.98. The summed E-state index contributed by atoms with van der Waals surface area (Å²) in [5, 5.41) is 11.7. The van der Waals surface area contributed by atoms with Gasteiger partial charge in [0.05, 0.1) is 24.1 Å². The van der Waals surface area contributed by atoms with Gasteiger partial charge in [-0.2, -0.15) is 0 Å². The molecule has 2 N–H and O–H groups in total. The first-order valence-corrected chi connectivity index (χ1v) is 13.0. The van der Waals surface area contributed by atoms with Gasteiger partial charge in [-0.1, -0.05) is 19.9 Å². The number of H-pyrrole nitrogens is 1. The molecule has 2 aromatic carbocycles. The third-order valence-electron chi connectivity index (χ3n) is 6.90. The molecule has 4 rings (SSSR count). The van der Waals surface area contributed by atoms with Crippen LogP contribution in [0, 0.1) is 0 Å². The number of aromatic hydroxyl groups is 1. The maximum Gasteiger partial charge on any atom is 0.258 e. The molecule has 0 atom stereocenters. The molecule has 0 saturated carbocycles. The van der Waals surface area contributed by atoms with E-state index in [4.69, 9.17) is 4.74 Å². The van der Waals surface area contributed by atoms with E-state index in [-0.39, 0.29) is 11.4 Å². The summed E-state index contributed by atoms with van der Waals surface area (Å²) in [4.78, 5) is 26.6. The summed E-state index contributed by atoms with van der Waals surface area (Å²) < 4.78 is 5.65. The quantitative estimate of drug-likeness (QED) is 0.247. The summed E-state index contributed by atoms with van der Waals surface area (Å²) >= 11 is 0. The largest absolute Gasteiger partial charge is 0.500 e. The number of nitrogens with one attached hydrogen (secondary N) is 1. The highest BCUT2D eigenvalue weighted by atomic mass is 16.5. The van der Waals surface area contributed by atoms with E-state index >= 15 is 0 Å². The van der Waals surface area contributed by atoms with Crippen molar-refractivity contribution in [2.45, 2.75) is 13.8 Å². The van der Waals surface area contributed by atoms with E-state index in [9.17, 15) is 9.90 Å². The molecule has 1 aliphatic rings. The van der Waals surface area contributed by atoms with Gasteiger partial charge in [0.25, 0.3) is 5.56 Å². The summed E-state index contributed by atoms with van der Waals surface area (Å²) in [5.41, 5.74) is 2.95. The first-order chi connectivity index (χ1) is 18.0. The minimum atomic E-state index is -0.341. The number of aromatic nitrogens is 1. The number of nitrogens with zero attached hydrogens (tertiary/aromatic N) is 4. The fourth-order valence-electron chi connectivity index (χ4n) is 4.46. The summed E-state index contributed by atoms with van der Waals surface area (Å²) in [6.07, 6.45) is 5.14. The van der Waals surface area contributed by atoms with E-state index in [1.165, 1.54) is 5.69 Å². The van der Waals surface area contributed by atoms with Gasteiger partial charge >= 0.3 is 0 Å². The number of hydrogen-bond acceptors (Lipinski definition) is 7. The number of hydrogen-bond donors (Lipinski definition) is 2. The number of pyridine rings is 1. The average molecular weight is 504 g/mol. The maximum absolute atomic E-state index is 12.5. The standard InChI is InChI=1S/C29H37N5O3/c1-4-33(5-2)17-19-37-18-12-22-6-11-25-26(20-22)27(29(36)31-28(25)35)21-30-23-7-9-24(10-8-23)34-15-13-32(3)14-16-34/h6-12,18,20-21H,4-5,13-17,19H2,1-3H3,(H2,31,35,36)/b18-12+,30-21?. The highest BCUT2D eigenvalue weighted by Gasteiger charge is 2.14. The SMILES string of the molecule is CCN(CC)CCO/C=C/c1ccc2c(=O)[nH]c(O)c(C=Nc3ccc(N4CCN(C)CC4)cc3)c2c1. The minimum absolute atomic E-state index is 0.202. The number of aromatic amines is 1. The van der Waals surface area contributed by atoms with Crippen molar-refractivity contribution in [2.75, 3.05) is 64.4 Å². The zero-order chi connectivity index (χ0) is 26.2. The van der Waals surface area contributed by atoms with Crippen molar-refractivity contribution in [2.24, 2.45) is 4.99 Å². The van der Waals surface area contributed by atoms with Gasteiger partial charge in [-0.15, -0.1) is 0 Å². The van der Waals surface area contributed by atoms with Crippen LogP contribution < -0.4 is 10.5 Å². The van der Waals surface area contributed by atoms with Crippen LogP contribution in [0.3, 0.4) is 0 Å². The monoisotopic (exact) mass is 503 g/mol. The summed E-state index contributed by atoms with van der Waals surface area (Å²) in [7, 11) is 2.15. The van der Waals surface area contributed by atoms with Crippen LogP contribution in [0.4, 0.5) is 11.4 Å². The lowest BCUT2D eigenvalue weighted by atomic mass is 10.0. The van der Waals surface area contributed by atoms with E-state index in [0.29, 0.717) is 22.9 Å². The second-order valence-electron chi connectivity index (χ2n) is 9.29. The van der Waals surface area contributed by atoms with Crippen LogP contribution in [0.25, 0.3) is 16.8 Å².